The summed E-state index contributed by atoms with van der Waals surface area (Å²) >= 11 is 4.92. The van der Waals surface area contributed by atoms with Crippen LogP contribution in [0.5, 0.6) is 0 Å². The standard InChI is InChI=1S/C15H17BrN4OS/c16-12-5-4-11(9-17-19-15-18-14(21)10-22-15)13(8-12)20-6-2-1-3-7-20/h4-5,8-9H,1-3,6-7,10H2,(H,18,19,21). The van der Waals surface area contributed by atoms with Crippen molar-refractivity contribution < 1.29 is 4.79 Å². The number of hydrogen-bond donors (Lipinski definition) is 1. The van der Waals surface area contributed by atoms with E-state index in [9.17, 15) is 4.79 Å². The first kappa shape index (κ1) is 15.6. The van der Waals surface area contributed by atoms with Crippen LogP contribution in [0.25, 0.3) is 0 Å². The van der Waals surface area contributed by atoms with E-state index in [1.165, 1.54) is 36.7 Å². The molecule has 3 rings (SSSR count). The van der Waals surface area contributed by atoms with E-state index in [0.29, 0.717) is 10.9 Å². The number of thioether (sulfide) groups is 1. The molecule has 2 fully saturated rings. The summed E-state index contributed by atoms with van der Waals surface area (Å²) in [6.07, 6.45) is 5.52. The fourth-order valence-electron chi connectivity index (χ4n) is 2.56. The summed E-state index contributed by atoms with van der Waals surface area (Å²) in [5.41, 5.74) is 2.23. The van der Waals surface area contributed by atoms with Crippen LogP contribution in [0.3, 0.4) is 0 Å². The van der Waals surface area contributed by atoms with Gasteiger partial charge in [0.25, 0.3) is 0 Å². The molecule has 5 nitrogen and oxygen atoms in total. The summed E-state index contributed by atoms with van der Waals surface area (Å²) in [4.78, 5) is 13.5. The van der Waals surface area contributed by atoms with E-state index in [0.717, 1.165) is 23.1 Å². The zero-order valence-electron chi connectivity index (χ0n) is 12.1. The van der Waals surface area contributed by atoms with Crippen molar-refractivity contribution in [1.82, 2.24) is 5.32 Å². The number of halogens is 1. The Balaban J connectivity index is 1.79. The number of nitrogens with one attached hydrogen (secondary N) is 1. The Hall–Kier alpha value is -1.34. The maximum Gasteiger partial charge on any atom is 0.236 e. The third-order valence-electron chi connectivity index (χ3n) is 3.62. The average Bonchev–Trinajstić information content (AvgIpc) is 2.95. The summed E-state index contributed by atoms with van der Waals surface area (Å²) in [5, 5.41) is 11.4. The van der Waals surface area contributed by atoms with Gasteiger partial charge >= 0.3 is 0 Å². The van der Waals surface area contributed by atoms with Gasteiger partial charge in [0.05, 0.1) is 12.0 Å². The van der Waals surface area contributed by atoms with Crippen molar-refractivity contribution in [3.8, 4) is 0 Å². The Morgan fingerprint density at radius 2 is 2.09 bits per heavy atom. The molecule has 0 bridgehead atoms. The number of hydrogen-bond acceptors (Lipinski definition) is 5. The molecule has 1 aromatic rings. The molecule has 0 atom stereocenters. The Morgan fingerprint density at radius 1 is 1.27 bits per heavy atom. The molecule has 1 aromatic carbocycles. The lowest BCUT2D eigenvalue weighted by Crippen LogP contribution is -2.30. The van der Waals surface area contributed by atoms with Crippen LogP contribution < -0.4 is 10.2 Å². The van der Waals surface area contributed by atoms with E-state index in [-0.39, 0.29) is 5.91 Å². The third kappa shape index (κ3) is 3.89. The van der Waals surface area contributed by atoms with Gasteiger partial charge in [-0.3, -0.25) is 4.79 Å². The van der Waals surface area contributed by atoms with Crippen molar-refractivity contribution >= 4 is 50.7 Å². The van der Waals surface area contributed by atoms with E-state index in [1.54, 1.807) is 6.21 Å². The van der Waals surface area contributed by atoms with Gasteiger partial charge in [0.1, 0.15) is 0 Å². The lowest BCUT2D eigenvalue weighted by Gasteiger charge is -2.30. The van der Waals surface area contributed by atoms with E-state index in [4.69, 9.17) is 0 Å². The Bertz CT molecular complexity index is 626. The molecule has 116 valence electrons. The highest BCUT2D eigenvalue weighted by molar-refractivity contribution is 9.10. The van der Waals surface area contributed by atoms with E-state index < -0.39 is 0 Å². The molecular weight excluding hydrogens is 364 g/mol. The number of piperidine rings is 1. The van der Waals surface area contributed by atoms with Crippen molar-refractivity contribution in [2.75, 3.05) is 23.7 Å². The highest BCUT2D eigenvalue weighted by Crippen LogP contribution is 2.27. The summed E-state index contributed by atoms with van der Waals surface area (Å²) in [7, 11) is 0. The predicted octanol–water partition coefficient (Wildman–Crippen LogP) is 2.99. The van der Waals surface area contributed by atoms with E-state index in [2.05, 4.69) is 42.4 Å². The SMILES string of the molecule is O=C1CSC(=NN=Cc2ccc(Br)cc2N2CCCCC2)N1. The van der Waals surface area contributed by atoms with Gasteiger partial charge in [0.2, 0.25) is 5.91 Å². The van der Waals surface area contributed by atoms with Gasteiger partial charge in [0.15, 0.2) is 5.17 Å². The van der Waals surface area contributed by atoms with Crippen LogP contribution in [0.2, 0.25) is 0 Å². The Morgan fingerprint density at radius 3 is 2.82 bits per heavy atom. The maximum atomic E-state index is 11.1. The molecule has 0 spiro atoms. The fourth-order valence-corrected chi connectivity index (χ4v) is 3.54. The molecule has 1 amide bonds. The largest absolute Gasteiger partial charge is 0.371 e. The monoisotopic (exact) mass is 380 g/mol. The van der Waals surface area contributed by atoms with Crippen LogP contribution in [0.15, 0.2) is 32.9 Å². The Labute approximate surface area is 142 Å². The van der Waals surface area contributed by atoms with E-state index >= 15 is 0 Å². The van der Waals surface area contributed by atoms with Crippen molar-refractivity contribution in [3.63, 3.8) is 0 Å². The summed E-state index contributed by atoms with van der Waals surface area (Å²) < 4.78 is 1.06. The van der Waals surface area contributed by atoms with Crippen molar-refractivity contribution in [1.29, 1.82) is 0 Å². The number of benzene rings is 1. The van der Waals surface area contributed by atoms with Crippen molar-refractivity contribution in [3.05, 3.63) is 28.2 Å². The molecule has 1 N–H and O–H groups in total. The summed E-state index contributed by atoms with van der Waals surface area (Å²) in [5.74, 6) is 0.405. The van der Waals surface area contributed by atoms with Gasteiger partial charge in [-0.1, -0.05) is 33.8 Å². The number of carbonyl (C=O) groups is 1. The average molecular weight is 381 g/mol. The molecule has 0 radical (unpaired) electrons. The third-order valence-corrected chi connectivity index (χ3v) is 4.98. The minimum Gasteiger partial charge on any atom is -0.371 e. The first-order valence-electron chi connectivity index (χ1n) is 7.30. The molecule has 2 aliphatic rings. The molecule has 7 heteroatoms. The van der Waals surface area contributed by atoms with Crippen LogP contribution in [-0.2, 0) is 4.79 Å². The second-order valence-corrected chi connectivity index (χ2v) is 7.12. The van der Waals surface area contributed by atoms with Crippen LogP contribution in [-0.4, -0.2) is 36.1 Å². The van der Waals surface area contributed by atoms with Crippen molar-refractivity contribution in [2.45, 2.75) is 19.3 Å². The zero-order valence-corrected chi connectivity index (χ0v) is 14.5. The second-order valence-electron chi connectivity index (χ2n) is 5.24. The quantitative estimate of drug-likeness (QED) is 0.647. The first-order valence-corrected chi connectivity index (χ1v) is 9.08. The number of rotatable bonds is 3. The van der Waals surface area contributed by atoms with Gasteiger partial charge in [0, 0.05) is 28.8 Å². The minimum absolute atomic E-state index is 0.0170. The van der Waals surface area contributed by atoms with Gasteiger partial charge in [-0.15, -0.1) is 5.10 Å². The van der Waals surface area contributed by atoms with Crippen LogP contribution in [0.4, 0.5) is 5.69 Å². The molecular formula is C15H17BrN4OS. The Kier molecular flexibility index (Phi) is 5.15. The second kappa shape index (κ2) is 7.28. The minimum atomic E-state index is -0.0170. The van der Waals surface area contributed by atoms with Gasteiger partial charge in [-0.05, 0) is 31.4 Å². The summed E-state index contributed by atoms with van der Waals surface area (Å²) in [6.45, 7) is 2.16. The van der Waals surface area contributed by atoms with Crippen molar-refractivity contribution in [2.24, 2.45) is 10.2 Å². The van der Waals surface area contributed by atoms with Gasteiger partial charge in [-0.25, -0.2) is 0 Å². The molecule has 2 aliphatic heterocycles. The molecule has 0 aromatic heterocycles. The first-order chi connectivity index (χ1) is 10.7. The number of carbonyl (C=O) groups excluding carboxylic acids is 1. The molecule has 2 saturated heterocycles. The summed E-state index contributed by atoms with van der Waals surface area (Å²) in [6, 6.07) is 6.18. The number of anilines is 1. The van der Waals surface area contributed by atoms with Crippen LogP contribution >= 0.6 is 27.7 Å². The number of amides is 1. The fraction of sp³-hybridized carbons (Fsp3) is 0.400. The molecule has 0 unspecified atom stereocenters. The van der Waals surface area contributed by atoms with Crippen LogP contribution in [0, 0.1) is 0 Å². The number of nitrogens with zero attached hydrogens (tertiary/aromatic N) is 3. The predicted molar refractivity (Wildman–Crippen MR) is 95.8 cm³/mol. The van der Waals surface area contributed by atoms with Gasteiger partial charge < -0.3 is 10.2 Å². The van der Waals surface area contributed by atoms with E-state index in [1.807, 2.05) is 12.1 Å². The molecule has 0 saturated carbocycles. The lowest BCUT2D eigenvalue weighted by molar-refractivity contribution is -0.116. The lowest BCUT2D eigenvalue weighted by atomic mass is 10.1. The van der Waals surface area contributed by atoms with Gasteiger partial charge in [-0.2, -0.15) is 5.10 Å². The topological polar surface area (TPSA) is 57.1 Å². The highest BCUT2D eigenvalue weighted by atomic mass is 79.9. The highest BCUT2D eigenvalue weighted by Gasteiger charge is 2.16. The molecule has 2 heterocycles. The smallest absolute Gasteiger partial charge is 0.236 e. The van der Waals surface area contributed by atoms with Crippen LogP contribution in [0.1, 0.15) is 24.8 Å². The normalized spacial score (nSPS) is 20.9. The molecule has 0 aliphatic carbocycles. The molecule has 22 heavy (non-hydrogen) atoms. The zero-order chi connectivity index (χ0) is 15.4. The number of amidine groups is 1. The maximum absolute atomic E-state index is 11.1.